The number of pyridine rings is 1. The Hall–Kier alpha value is -2.93. The van der Waals surface area contributed by atoms with Crippen LogP contribution in [0.1, 0.15) is 0 Å². The Morgan fingerprint density at radius 2 is 2.12 bits per heavy atom. The Kier molecular flexibility index (Phi) is 4.43. The summed E-state index contributed by atoms with van der Waals surface area (Å²) in [6, 6.07) is 7.79. The van der Waals surface area contributed by atoms with Crippen LogP contribution in [0.15, 0.2) is 54.0 Å². The maximum absolute atomic E-state index is 13.7. The molecule has 2 heterocycles. The number of H-pyrrole nitrogens is 1. The normalized spacial score (nSPS) is 10.6. The molecule has 24 heavy (non-hydrogen) atoms. The van der Waals surface area contributed by atoms with Crippen molar-refractivity contribution in [1.29, 1.82) is 0 Å². The lowest BCUT2D eigenvalue weighted by Crippen LogP contribution is -2.16. The Morgan fingerprint density at radius 1 is 1.38 bits per heavy atom. The molecular formula is C16H12ClFN4O2. The second-order valence-electron chi connectivity index (χ2n) is 4.82. The van der Waals surface area contributed by atoms with Gasteiger partial charge < -0.3 is 4.74 Å². The van der Waals surface area contributed by atoms with Crippen molar-refractivity contribution in [3.63, 3.8) is 0 Å². The fraction of sp³-hybridized carbons (Fsp3) is 0.0625. The molecule has 0 aliphatic rings. The maximum atomic E-state index is 13.7. The van der Waals surface area contributed by atoms with Gasteiger partial charge >= 0.3 is 5.69 Å². The van der Waals surface area contributed by atoms with Crippen LogP contribution in [0.3, 0.4) is 0 Å². The summed E-state index contributed by atoms with van der Waals surface area (Å²) in [5.41, 5.74) is 0.379. The lowest BCUT2D eigenvalue weighted by atomic mass is 10.2. The van der Waals surface area contributed by atoms with Crippen LogP contribution in [0.4, 0.5) is 4.39 Å². The van der Waals surface area contributed by atoms with E-state index in [2.05, 4.69) is 21.8 Å². The van der Waals surface area contributed by atoms with Crippen LogP contribution in [0, 0.1) is 5.82 Å². The number of nitrogens with zero attached hydrogens (tertiary/aromatic N) is 3. The van der Waals surface area contributed by atoms with E-state index in [0.717, 1.165) is 6.07 Å². The van der Waals surface area contributed by atoms with Crippen molar-refractivity contribution in [2.24, 2.45) is 0 Å². The minimum Gasteiger partial charge on any atom is -0.436 e. The van der Waals surface area contributed by atoms with Crippen molar-refractivity contribution >= 4 is 11.6 Å². The highest BCUT2D eigenvalue weighted by atomic mass is 35.5. The molecule has 0 saturated heterocycles. The molecule has 0 fully saturated rings. The number of allylic oxidation sites excluding steroid dienone is 1. The minimum absolute atomic E-state index is 0.171. The van der Waals surface area contributed by atoms with E-state index in [0.29, 0.717) is 23.7 Å². The number of rotatable bonds is 5. The molecule has 8 heteroatoms. The first-order valence-corrected chi connectivity index (χ1v) is 7.31. The number of benzene rings is 1. The molecule has 0 amide bonds. The summed E-state index contributed by atoms with van der Waals surface area (Å²) in [6.45, 7) is 3.95. The number of hydrogen-bond donors (Lipinski definition) is 1. The van der Waals surface area contributed by atoms with E-state index < -0.39 is 5.82 Å². The largest absolute Gasteiger partial charge is 0.436 e. The van der Waals surface area contributed by atoms with Crippen LogP contribution in [-0.4, -0.2) is 19.7 Å². The highest BCUT2D eigenvalue weighted by Gasteiger charge is 2.11. The van der Waals surface area contributed by atoms with Crippen molar-refractivity contribution < 1.29 is 9.13 Å². The van der Waals surface area contributed by atoms with Crippen LogP contribution < -0.4 is 10.4 Å². The van der Waals surface area contributed by atoms with Gasteiger partial charge in [0, 0.05) is 18.3 Å². The zero-order valence-corrected chi connectivity index (χ0v) is 13.1. The van der Waals surface area contributed by atoms with E-state index in [-0.39, 0.29) is 16.6 Å². The van der Waals surface area contributed by atoms with Gasteiger partial charge in [-0.2, -0.15) is 5.10 Å². The molecule has 6 nitrogen and oxygen atoms in total. The monoisotopic (exact) mass is 346 g/mol. The van der Waals surface area contributed by atoms with E-state index in [1.165, 1.54) is 10.8 Å². The van der Waals surface area contributed by atoms with E-state index in [9.17, 15) is 9.18 Å². The van der Waals surface area contributed by atoms with Crippen molar-refractivity contribution in [3.05, 3.63) is 70.5 Å². The smallest absolute Gasteiger partial charge is 0.343 e. The van der Waals surface area contributed by atoms with Gasteiger partial charge in [-0.15, -0.1) is 6.58 Å². The molecule has 0 spiro atoms. The Labute approximate surface area is 141 Å². The molecular weight excluding hydrogens is 335 g/mol. The molecule has 1 N–H and O–H groups in total. The fourth-order valence-corrected chi connectivity index (χ4v) is 2.24. The lowest BCUT2D eigenvalue weighted by Gasteiger charge is -2.07. The first-order chi connectivity index (χ1) is 11.6. The maximum Gasteiger partial charge on any atom is 0.343 e. The minimum atomic E-state index is -0.654. The molecule has 122 valence electrons. The zero-order valence-electron chi connectivity index (χ0n) is 12.4. The first-order valence-electron chi connectivity index (χ1n) is 6.94. The van der Waals surface area contributed by atoms with Gasteiger partial charge in [0.1, 0.15) is 5.75 Å². The molecule has 0 bridgehead atoms. The van der Waals surface area contributed by atoms with Gasteiger partial charge in [-0.1, -0.05) is 17.7 Å². The molecule has 0 radical (unpaired) electrons. The highest BCUT2D eigenvalue weighted by molar-refractivity contribution is 6.30. The molecule has 3 rings (SSSR count). The van der Waals surface area contributed by atoms with Gasteiger partial charge in [0.2, 0.25) is 0 Å². The summed E-state index contributed by atoms with van der Waals surface area (Å²) < 4.78 is 20.5. The van der Waals surface area contributed by atoms with Crippen LogP contribution in [0.25, 0.3) is 11.4 Å². The van der Waals surface area contributed by atoms with E-state index in [1.807, 2.05) is 0 Å². The van der Waals surface area contributed by atoms with Gasteiger partial charge in [0.25, 0.3) is 5.88 Å². The average molecular weight is 347 g/mol. The summed E-state index contributed by atoms with van der Waals surface area (Å²) in [7, 11) is 0. The molecule has 0 aliphatic carbocycles. The summed E-state index contributed by atoms with van der Waals surface area (Å²) in [6.07, 6.45) is 2.90. The highest BCUT2D eigenvalue weighted by Crippen LogP contribution is 2.26. The molecule has 0 aliphatic heterocycles. The van der Waals surface area contributed by atoms with Crippen molar-refractivity contribution in [1.82, 2.24) is 19.7 Å². The number of nitrogens with one attached hydrogen (secondary N) is 1. The summed E-state index contributed by atoms with van der Waals surface area (Å²) >= 11 is 5.65. The second kappa shape index (κ2) is 6.67. The Balaban J connectivity index is 1.86. The van der Waals surface area contributed by atoms with Gasteiger partial charge in [-0.05, 0) is 30.3 Å². The molecule has 0 unspecified atom stereocenters. The third kappa shape index (κ3) is 3.21. The van der Waals surface area contributed by atoms with Gasteiger partial charge in [0.15, 0.2) is 11.6 Å². The SMILES string of the molecule is C=CCn1c(-c2ccc(Oc3ncc(Cl)cc3F)cc2)n[nH]c1=O. The van der Waals surface area contributed by atoms with Gasteiger partial charge in [-0.25, -0.2) is 19.3 Å². The predicted molar refractivity (Wildman–Crippen MR) is 87.8 cm³/mol. The Bertz CT molecular complexity index is 934. The summed E-state index contributed by atoms with van der Waals surface area (Å²) in [5.74, 6) is 0.0389. The lowest BCUT2D eigenvalue weighted by molar-refractivity contribution is 0.423. The van der Waals surface area contributed by atoms with Gasteiger partial charge in [-0.3, -0.25) is 4.57 Å². The Morgan fingerprint density at radius 3 is 2.79 bits per heavy atom. The quantitative estimate of drug-likeness (QED) is 0.718. The number of aromatic nitrogens is 4. The van der Waals surface area contributed by atoms with E-state index in [4.69, 9.17) is 16.3 Å². The van der Waals surface area contributed by atoms with Crippen LogP contribution in [0.2, 0.25) is 5.02 Å². The third-order valence-corrected chi connectivity index (χ3v) is 3.38. The fourth-order valence-electron chi connectivity index (χ4n) is 2.10. The van der Waals surface area contributed by atoms with Gasteiger partial charge in [0.05, 0.1) is 5.02 Å². The topological polar surface area (TPSA) is 72.8 Å². The number of aromatic amines is 1. The molecule has 0 saturated carbocycles. The summed E-state index contributed by atoms with van der Waals surface area (Å²) in [5, 5.41) is 6.57. The number of halogens is 2. The van der Waals surface area contributed by atoms with Crippen LogP contribution in [0.5, 0.6) is 11.6 Å². The van der Waals surface area contributed by atoms with Crippen LogP contribution in [-0.2, 0) is 6.54 Å². The van der Waals surface area contributed by atoms with Crippen molar-refractivity contribution in [2.45, 2.75) is 6.54 Å². The molecule has 1 aromatic carbocycles. The molecule has 2 aromatic heterocycles. The van der Waals surface area contributed by atoms with E-state index in [1.54, 1.807) is 30.3 Å². The van der Waals surface area contributed by atoms with Crippen LogP contribution >= 0.6 is 11.6 Å². The average Bonchev–Trinajstić information content (AvgIpc) is 2.92. The summed E-state index contributed by atoms with van der Waals surface area (Å²) in [4.78, 5) is 15.5. The zero-order chi connectivity index (χ0) is 17.1. The van der Waals surface area contributed by atoms with E-state index >= 15 is 0 Å². The first kappa shape index (κ1) is 15.9. The third-order valence-electron chi connectivity index (χ3n) is 3.17. The second-order valence-corrected chi connectivity index (χ2v) is 5.26. The van der Waals surface area contributed by atoms with Crippen molar-refractivity contribution in [3.8, 4) is 23.0 Å². The predicted octanol–water partition coefficient (Wildman–Crippen LogP) is 3.40. The molecule has 3 aromatic rings. The standard InChI is InChI=1S/C16H12ClFN4O2/c1-2-7-22-14(20-21-16(22)23)10-3-5-12(6-4-10)24-15-13(18)8-11(17)9-19-15/h2-6,8-9H,1,7H2,(H,21,23). The van der Waals surface area contributed by atoms with Crippen molar-refractivity contribution in [2.75, 3.05) is 0 Å². The number of hydrogen-bond acceptors (Lipinski definition) is 4. The molecule has 0 atom stereocenters. The number of ether oxygens (including phenoxy) is 1.